The van der Waals surface area contributed by atoms with Crippen LogP contribution >= 0.6 is 0 Å². The Kier molecular flexibility index (Phi) is 5.62. The topological polar surface area (TPSA) is 113 Å². The van der Waals surface area contributed by atoms with Crippen LogP contribution in [-0.4, -0.2) is 51.4 Å². The molecule has 0 radical (unpaired) electrons. The molecule has 0 fully saturated rings. The molecule has 3 rings (SSSR count). The molecule has 0 saturated carbocycles. The van der Waals surface area contributed by atoms with Crippen molar-refractivity contribution in [1.82, 2.24) is 20.0 Å². The molecule has 0 spiro atoms. The molecular formula is C18H19N5O4. The van der Waals surface area contributed by atoms with Gasteiger partial charge in [0.1, 0.15) is 11.4 Å². The molecule has 9 heteroatoms. The highest BCUT2D eigenvalue weighted by atomic mass is 16.5. The van der Waals surface area contributed by atoms with E-state index in [0.717, 1.165) is 5.56 Å². The van der Waals surface area contributed by atoms with Gasteiger partial charge < -0.3 is 9.84 Å². The van der Waals surface area contributed by atoms with Crippen molar-refractivity contribution in [3.05, 3.63) is 70.4 Å². The Morgan fingerprint density at radius 3 is 2.93 bits per heavy atom. The van der Waals surface area contributed by atoms with E-state index in [1.54, 1.807) is 41.5 Å². The van der Waals surface area contributed by atoms with Crippen molar-refractivity contribution < 1.29 is 14.6 Å². The molecular weight excluding hydrogens is 350 g/mol. The lowest BCUT2D eigenvalue weighted by Crippen LogP contribution is -2.32. The number of rotatable bonds is 7. The fourth-order valence-electron chi connectivity index (χ4n) is 2.63. The number of carbonyl (C=O) groups is 1. The van der Waals surface area contributed by atoms with Crippen molar-refractivity contribution in [2.45, 2.75) is 6.42 Å². The van der Waals surface area contributed by atoms with Crippen LogP contribution < -0.4 is 10.3 Å². The third kappa shape index (κ3) is 4.39. The molecule has 0 aliphatic heterocycles. The second-order valence-corrected chi connectivity index (χ2v) is 5.80. The number of hydrogen-bond acceptors (Lipinski definition) is 5. The van der Waals surface area contributed by atoms with E-state index < -0.39 is 6.09 Å². The Morgan fingerprint density at radius 2 is 2.22 bits per heavy atom. The SMILES string of the molecule is COCCN(C(=O)O)c1cccc(Cc2nn(-c3cn[nH]c3)ccc2=O)c1. The maximum Gasteiger partial charge on any atom is 0.411 e. The molecule has 3 aromatic rings. The van der Waals surface area contributed by atoms with Crippen LogP contribution in [0.25, 0.3) is 5.69 Å². The lowest BCUT2D eigenvalue weighted by atomic mass is 10.1. The predicted molar refractivity (Wildman–Crippen MR) is 98.5 cm³/mol. The summed E-state index contributed by atoms with van der Waals surface area (Å²) in [6.45, 7) is 0.498. The maximum atomic E-state index is 12.2. The van der Waals surface area contributed by atoms with Crippen LogP contribution in [0, 0.1) is 0 Å². The van der Waals surface area contributed by atoms with Crippen LogP contribution in [0.5, 0.6) is 0 Å². The van der Waals surface area contributed by atoms with Gasteiger partial charge in [-0.2, -0.15) is 10.2 Å². The number of aromatic nitrogens is 4. The summed E-state index contributed by atoms with van der Waals surface area (Å²) in [7, 11) is 1.52. The second-order valence-electron chi connectivity index (χ2n) is 5.80. The standard InChI is InChI=1S/C18H19N5O4/c1-27-8-7-22(18(25)26)14-4-2-3-13(9-14)10-16-17(24)5-6-23(21-16)15-11-19-20-12-15/h2-6,9,11-12H,7-8,10H2,1H3,(H,19,20)(H,25,26). The predicted octanol–water partition coefficient (Wildman–Crippen LogP) is 1.68. The Bertz CT molecular complexity index is 968. The van der Waals surface area contributed by atoms with Gasteiger partial charge in [-0.25, -0.2) is 9.48 Å². The van der Waals surface area contributed by atoms with Gasteiger partial charge in [-0.15, -0.1) is 0 Å². The smallest absolute Gasteiger partial charge is 0.411 e. The van der Waals surface area contributed by atoms with Crippen molar-refractivity contribution in [1.29, 1.82) is 0 Å². The highest BCUT2D eigenvalue weighted by Gasteiger charge is 2.15. The maximum absolute atomic E-state index is 12.2. The van der Waals surface area contributed by atoms with Crippen LogP contribution in [0.1, 0.15) is 11.3 Å². The van der Waals surface area contributed by atoms with Crippen molar-refractivity contribution in [3.8, 4) is 5.69 Å². The van der Waals surface area contributed by atoms with Gasteiger partial charge >= 0.3 is 6.09 Å². The van der Waals surface area contributed by atoms with Crippen molar-refractivity contribution in [2.75, 3.05) is 25.2 Å². The van der Waals surface area contributed by atoms with E-state index in [1.165, 1.54) is 18.1 Å². The number of H-pyrrole nitrogens is 1. The third-order valence-corrected chi connectivity index (χ3v) is 3.97. The monoisotopic (exact) mass is 369 g/mol. The number of nitrogens with zero attached hydrogens (tertiary/aromatic N) is 4. The Morgan fingerprint density at radius 1 is 1.37 bits per heavy atom. The molecule has 140 valence electrons. The quantitative estimate of drug-likeness (QED) is 0.655. The number of ether oxygens (including phenoxy) is 1. The summed E-state index contributed by atoms with van der Waals surface area (Å²) in [5, 5.41) is 20.3. The second kappa shape index (κ2) is 8.28. The Labute approximate surface area is 154 Å². The number of methoxy groups -OCH3 is 1. The molecule has 0 bridgehead atoms. The summed E-state index contributed by atoms with van der Waals surface area (Å²) in [5.74, 6) is 0. The number of anilines is 1. The number of hydrogen-bond donors (Lipinski definition) is 2. The molecule has 0 aliphatic rings. The summed E-state index contributed by atoms with van der Waals surface area (Å²) in [6.07, 6.45) is 4.06. The van der Waals surface area contributed by atoms with Crippen molar-refractivity contribution >= 4 is 11.8 Å². The molecule has 0 aliphatic carbocycles. The molecule has 1 aromatic carbocycles. The van der Waals surface area contributed by atoms with Gasteiger partial charge in [0.15, 0.2) is 0 Å². The molecule has 2 N–H and O–H groups in total. The molecule has 0 atom stereocenters. The minimum atomic E-state index is -1.07. The van der Waals surface area contributed by atoms with Crippen LogP contribution in [0.2, 0.25) is 0 Å². The number of carboxylic acid groups (broad SMARTS) is 1. The van der Waals surface area contributed by atoms with Gasteiger partial charge in [0.05, 0.1) is 19.3 Å². The van der Waals surface area contributed by atoms with Crippen LogP contribution in [0.4, 0.5) is 10.5 Å². The normalized spacial score (nSPS) is 10.7. The van der Waals surface area contributed by atoms with E-state index in [-0.39, 0.29) is 25.0 Å². The molecule has 2 aromatic heterocycles. The number of benzene rings is 1. The van der Waals surface area contributed by atoms with Gasteiger partial charge in [-0.3, -0.25) is 14.8 Å². The molecule has 1 amide bonds. The Balaban J connectivity index is 1.87. The summed E-state index contributed by atoms with van der Waals surface area (Å²) in [4.78, 5) is 24.9. The van der Waals surface area contributed by atoms with Gasteiger partial charge in [-0.1, -0.05) is 12.1 Å². The van der Waals surface area contributed by atoms with Crippen LogP contribution in [-0.2, 0) is 11.2 Å². The molecule has 0 saturated heterocycles. The average molecular weight is 369 g/mol. The number of amides is 1. The Hall–Kier alpha value is -3.46. The van der Waals surface area contributed by atoms with Gasteiger partial charge in [0.25, 0.3) is 0 Å². The molecule has 27 heavy (non-hydrogen) atoms. The van der Waals surface area contributed by atoms with Gasteiger partial charge in [-0.05, 0) is 17.7 Å². The first kappa shape index (κ1) is 18.3. The summed E-state index contributed by atoms with van der Waals surface area (Å²) >= 11 is 0. The zero-order valence-corrected chi connectivity index (χ0v) is 14.7. The van der Waals surface area contributed by atoms with Gasteiger partial charge in [0, 0.05) is 37.7 Å². The first-order valence-electron chi connectivity index (χ1n) is 8.25. The van der Waals surface area contributed by atoms with E-state index in [0.29, 0.717) is 17.1 Å². The van der Waals surface area contributed by atoms with Crippen molar-refractivity contribution in [3.63, 3.8) is 0 Å². The summed E-state index contributed by atoms with van der Waals surface area (Å²) < 4.78 is 6.53. The molecule has 2 heterocycles. The fourth-order valence-corrected chi connectivity index (χ4v) is 2.63. The lowest BCUT2D eigenvalue weighted by Gasteiger charge is -2.19. The van der Waals surface area contributed by atoms with E-state index in [4.69, 9.17) is 4.74 Å². The van der Waals surface area contributed by atoms with Gasteiger partial charge in [0.2, 0.25) is 5.43 Å². The van der Waals surface area contributed by atoms with E-state index in [2.05, 4.69) is 15.3 Å². The molecule has 9 nitrogen and oxygen atoms in total. The minimum absolute atomic E-state index is 0.186. The summed E-state index contributed by atoms with van der Waals surface area (Å²) in [5.41, 5.74) is 2.18. The van der Waals surface area contributed by atoms with E-state index in [9.17, 15) is 14.7 Å². The van der Waals surface area contributed by atoms with Crippen molar-refractivity contribution in [2.24, 2.45) is 0 Å². The fraction of sp³-hybridized carbons (Fsp3) is 0.222. The largest absolute Gasteiger partial charge is 0.465 e. The van der Waals surface area contributed by atoms with E-state index in [1.807, 2.05) is 6.07 Å². The van der Waals surface area contributed by atoms with E-state index >= 15 is 0 Å². The zero-order valence-electron chi connectivity index (χ0n) is 14.7. The highest BCUT2D eigenvalue weighted by Crippen LogP contribution is 2.18. The highest BCUT2D eigenvalue weighted by molar-refractivity contribution is 5.86. The minimum Gasteiger partial charge on any atom is -0.465 e. The van der Waals surface area contributed by atoms with Crippen LogP contribution in [0.15, 0.2) is 53.7 Å². The first-order valence-corrected chi connectivity index (χ1v) is 8.25. The summed E-state index contributed by atoms with van der Waals surface area (Å²) in [6, 6.07) is 8.47. The first-order chi connectivity index (χ1) is 13.1. The average Bonchev–Trinajstić information content (AvgIpc) is 3.19. The molecule has 0 unspecified atom stereocenters. The van der Waals surface area contributed by atoms with Crippen LogP contribution in [0.3, 0.4) is 0 Å². The number of nitrogens with one attached hydrogen (secondary N) is 1. The third-order valence-electron chi connectivity index (χ3n) is 3.97. The zero-order chi connectivity index (χ0) is 19.2. The lowest BCUT2D eigenvalue weighted by molar-refractivity contribution is 0.186. The number of aromatic amines is 1.